The molecule has 1 unspecified atom stereocenters. The number of halogens is 1. The van der Waals surface area contributed by atoms with Crippen LogP contribution in [-0.4, -0.2) is 20.1 Å². The van der Waals surface area contributed by atoms with E-state index in [1.807, 2.05) is 48.5 Å². The average molecular weight is 497 g/mol. The average Bonchev–Trinajstić information content (AvgIpc) is 2.74. The lowest BCUT2D eigenvalue weighted by Gasteiger charge is -2.45. The number of hydrogen-bond donors (Lipinski definition) is 2. The molecule has 0 fully saturated rings. The van der Waals surface area contributed by atoms with Crippen LogP contribution in [0.4, 0.5) is 0 Å². The summed E-state index contributed by atoms with van der Waals surface area (Å²) in [5.41, 5.74) is 3.98. The highest BCUT2D eigenvalue weighted by Crippen LogP contribution is 2.65. The molecule has 3 nitrogen and oxygen atoms in total. The largest absolute Gasteiger partial charge is 0.294 e. The maximum Gasteiger partial charge on any atom is 0.183 e. The second-order valence-corrected chi connectivity index (χ2v) is 11.1. The zero-order chi connectivity index (χ0) is 20.9. The number of thioether (sulfide) groups is 1. The summed E-state index contributed by atoms with van der Waals surface area (Å²) in [7, 11) is -3.30. The van der Waals surface area contributed by atoms with Gasteiger partial charge in [-0.2, -0.15) is 10.6 Å². The predicted molar refractivity (Wildman–Crippen MR) is 128 cm³/mol. The molecule has 3 aromatic carbocycles. The normalized spacial score (nSPS) is 20.2. The monoisotopic (exact) mass is 496 g/mol. The Morgan fingerprint density at radius 3 is 2.40 bits per heavy atom. The van der Waals surface area contributed by atoms with Gasteiger partial charge in [-0.15, -0.1) is 0 Å². The van der Waals surface area contributed by atoms with E-state index in [0.717, 1.165) is 31.6 Å². The fraction of sp³-hybridized carbons (Fsp3) is 0.0417. The number of ketones is 1. The summed E-state index contributed by atoms with van der Waals surface area (Å²) >= 11 is 5.18. The van der Waals surface area contributed by atoms with E-state index in [2.05, 4.69) is 34.1 Å². The van der Waals surface area contributed by atoms with Gasteiger partial charge < -0.3 is 0 Å². The van der Waals surface area contributed by atoms with Crippen LogP contribution in [0.1, 0.15) is 0 Å². The Balaban J connectivity index is 1.63. The Bertz CT molecular complexity index is 1230. The number of fused-ring (bicyclic) bond motifs is 2. The summed E-state index contributed by atoms with van der Waals surface area (Å²) in [6.07, 6.45) is 4.88. The highest BCUT2D eigenvalue weighted by atomic mass is 79.9. The first-order chi connectivity index (χ1) is 14.5. The first-order valence-corrected chi connectivity index (χ1v) is 12.5. The quantitative estimate of drug-likeness (QED) is 0.388. The summed E-state index contributed by atoms with van der Waals surface area (Å²) in [5.74, 6) is -0.261. The Hall–Kier alpha value is -2.09. The molecule has 0 aromatic heterocycles. The molecule has 2 N–H and O–H groups in total. The first kappa shape index (κ1) is 19.8. The fourth-order valence-electron chi connectivity index (χ4n) is 3.81. The van der Waals surface area contributed by atoms with Gasteiger partial charge in [0, 0.05) is 14.3 Å². The van der Waals surface area contributed by atoms with Crippen molar-refractivity contribution in [3.05, 3.63) is 94.3 Å². The third-order valence-electron chi connectivity index (χ3n) is 5.26. The zero-order valence-corrected chi connectivity index (χ0v) is 18.9. The van der Waals surface area contributed by atoms with Gasteiger partial charge in [0.1, 0.15) is 5.25 Å². The van der Waals surface area contributed by atoms with Crippen LogP contribution >= 0.6 is 38.3 Å². The molecule has 2 aliphatic rings. The van der Waals surface area contributed by atoms with Crippen LogP contribution in [0.25, 0.3) is 22.3 Å². The van der Waals surface area contributed by atoms with Gasteiger partial charge in [-0.3, -0.25) is 13.9 Å². The first-order valence-electron chi connectivity index (χ1n) is 9.32. The second-order valence-electron chi connectivity index (χ2n) is 7.10. The van der Waals surface area contributed by atoms with Crippen molar-refractivity contribution in [3.8, 4) is 22.3 Å². The second kappa shape index (κ2) is 7.55. The molecule has 30 heavy (non-hydrogen) atoms. The fourth-order valence-corrected chi connectivity index (χ4v) is 8.21. The molecule has 1 aliphatic carbocycles. The van der Waals surface area contributed by atoms with Gasteiger partial charge >= 0.3 is 0 Å². The predicted octanol–water partition coefficient (Wildman–Crippen LogP) is 7.39. The van der Waals surface area contributed by atoms with Crippen LogP contribution in [-0.2, 0) is 4.79 Å². The Morgan fingerprint density at radius 1 is 0.900 bits per heavy atom. The van der Waals surface area contributed by atoms with Crippen molar-refractivity contribution in [2.75, 3.05) is 0 Å². The van der Waals surface area contributed by atoms with Gasteiger partial charge in [-0.1, -0.05) is 72.4 Å². The summed E-state index contributed by atoms with van der Waals surface area (Å²) in [6, 6.07) is 21.8. The minimum Gasteiger partial charge on any atom is -0.294 e. The summed E-state index contributed by atoms with van der Waals surface area (Å²) < 4.78 is 23.1. The number of carbonyl (C=O) groups is 1. The Labute approximate surface area is 189 Å². The molecule has 0 radical (unpaired) electrons. The molecule has 6 heteroatoms. The van der Waals surface area contributed by atoms with Crippen molar-refractivity contribution in [3.63, 3.8) is 0 Å². The molecule has 3 aromatic rings. The molecule has 0 spiro atoms. The van der Waals surface area contributed by atoms with Crippen LogP contribution in [0.15, 0.2) is 104 Å². The molecule has 0 amide bonds. The van der Waals surface area contributed by atoms with E-state index in [4.69, 9.17) is 0 Å². The van der Waals surface area contributed by atoms with Crippen molar-refractivity contribution < 1.29 is 13.9 Å². The summed E-state index contributed by atoms with van der Waals surface area (Å²) in [5, 5.41) is -0.908. The maximum absolute atomic E-state index is 12.4. The highest BCUT2D eigenvalue weighted by molar-refractivity contribution is 9.10. The number of hydrogen-bond acceptors (Lipinski definition) is 4. The van der Waals surface area contributed by atoms with E-state index in [1.54, 1.807) is 12.2 Å². The van der Waals surface area contributed by atoms with E-state index in [0.29, 0.717) is 9.80 Å². The lowest BCUT2D eigenvalue weighted by Crippen LogP contribution is -2.31. The summed E-state index contributed by atoms with van der Waals surface area (Å²) in [4.78, 5) is 14.3. The van der Waals surface area contributed by atoms with Gasteiger partial charge in [0.05, 0.1) is 4.90 Å². The molecule has 0 saturated heterocycles. The molecule has 1 atom stereocenters. The molecular weight excluding hydrogens is 480 g/mol. The lowest BCUT2D eigenvalue weighted by molar-refractivity contribution is -0.113. The molecule has 1 heterocycles. The van der Waals surface area contributed by atoms with Crippen LogP contribution in [0.5, 0.6) is 0 Å². The van der Waals surface area contributed by atoms with Crippen molar-refractivity contribution in [1.29, 1.82) is 0 Å². The highest BCUT2D eigenvalue weighted by Gasteiger charge is 2.42. The third-order valence-corrected chi connectivity index (χ3v) is 9.70. The van der Waals surface area contributed by atoms with E-state index in [-0.39, 0.29) is 5.78 Å². The van der Waals surface area contributed by atoms with Crippen molar-refractivity contribution >= 4 is 44.1 Å². The Morgan fingerprint density at radius 2 is 1.63 bits per heavy atom. The minimum atomic E-state index is -3.30. The van der Waals surface area contributed by atoms with Gasteiger partial charge in [-0.05, 0) is 62.5 Å². The molecule has 0 saturated carbocycles. The molecule has 0 bridgehead atoms. The van der Waals surface area contributed by atoms with Crippen molar-refractivity contribution in [2.24, 2.45) is 0 Å². The van der Waals surface area contributed by atoms with E-state index < -0.39 is 15.8 Å². The molecular formula is C24H17BrO3S2. The van der Waals surface area contributed by atoms with Crippen LogP contribution in [0, 0.1) is 0 Å². The van der Waals surface area contributed by atoms with Crippen molar-refractivity contribution in [1.82, 2.24) is 0 Å². The van der Waals surface area contributed by atoms with Crippen LogP contribution < -0.4 is 0 Å². The van der Waals surface area contributed by atoms with Crippen molar-refractivity contribution in [2.45, 2.75) is 15.0 Å². The minimum absolute atomic E-state index is 0.261. The zero-order valence-electron chi connectivity index (χ0n) is 15.7. The van der Waals surface area contributed by atoms with E-state index >= 15 is 0 Å². The third kappa shape index (κ3) is 3.20. The van der Waals surface area contributed by atoms with Gasteiger partial charge in [-0.25, -0.2) is 0 Å². The Kier molecular flexibility index (Phi) is 5.00. The SMILES string of the molecule is O=C1C=CC=C2Sc3ccc(-c4cccc(-c5ccccc5)c4Br)cc3S(O)(O)C12. The van der Waals surface area contributed by atoms with Gasteiger partial charge in [0.2, 0.25) is 0 Å². The van der Waals surface area contributed by atoms with Crippen LogP contribution in [0.3, 0.4) is 0 Å². The topological polar surface area (TPSA) is 57.5 Å². The standard InChI is InChI=1S/C24H17BrO3S2/c25-23-17(15-6-2-1-3-7-15)8-4-9-18(23)16-12-13-20-22(14-16)30(27,28)24-19(26)10-5-11-21(24)29-20/h1-14,24,27-28H. The number of allylic oxidation sites excluding steroid dienone is 3. The van der Waals surface area contributed by atoms with E-state index in [1.165, 1.54) is 17.8 Å². The van der Waals surface area contributed by atoms with Gasteiger partial charge in [0.15, 0.2) is 5.78 Å². The smallest absolute Gasteiger partial charge is 0.183 e. The van der Waals surface area contributed by atoms with E-state index in [9.17, 15) is 13.9 Å². The molecule has 150 valence electrons. The lowest BCUT2D eigenvalue weighted by atomic mass is 9.99. The maximum atomic E-state index is 12.4. The molecule has 5 rings (SSSR count). The number of carbonyl (C=O) groups excluding carboxylic acids is 1. The molecule has 1 aliphatic heterocycles. The van der Waals surface area contributed by atoms with Gasteiger partial charge in [0.25, 0.3) is 0 Å². The van der Waals surface area contributed by atoms with Crippen LogP contribution in [0.2, 0.25) is 0 Å². The number of rotatable bonds is 2. The summed E-state index contributed by atoms with van der Waals surface area (Å²) in [6.45, 7) is 0. The number of benzene rings is 3.